The first-order valence-electron chi connectivity index (χ1n) is 44.5. The van der Waals surface area contributed by atoms with Gasteiger partial charge in [0.2, 0.25) is 0 Å². The average molecular weight is 2120 g/mol. The fourth-order valence-electron chi connectivity index (χ4n) is 15.3. The molecule has 7 aromatic carbocycles. The Morgan fingerprint density at radius 2 is 0.709 bits per heavy atom. The second-order valence-electron chi connectivity index (χ2n) is 37.2. The number of fused-ring (bicyclic) bond motifs is 4. The van der Waals surface area contributed by atoms with E-state index in [1.165, 1.54) is 49.6 Å². The molecule has 5 fully saturated rings. The Hall–Kier alpha value is -10.4. The Balaban J connectivity index is 0.000000166. The molecule has 716 valence electrons. The number of Topliss-reactive ketones (excluding diaryl/α,β-unsaturated/α-hetero) is 1. The number of nitrogen functional groups attached to an aromatic ring is 3. The minimum absolute atomic E-state index is 0.00296. The number of anilines is 3. The minimum Gasteiger partial charge on any atom is -0.444 e. The van der Waals surface area contributed by atoms with Gasteiger partial charge in [0.1, 0.15) is 56.1 Å². The molecule has 8 heterocycles. The van der Waals surface area contributed by atoms with Gasteiger partial charge in [-0.05, 0) is 219 Å². The Labute approximate surface area is 817 Å². The molecule has 4 aromatic heterocycles. The van der Waals surface area contributed by atoms with Crippen LogP contribution in [0.4, 0.5) is 58.2 Å². The van der Waals surface area contributed by atoms with Crippen LogP contribution >= 0.6 is 75.3 Å². The molecule has 16 rings (SSSR count). The zero-order valence-electron chi connectivity index (χ0n) is 77.4. The molecule has 134 heavy (non-hydrogen) atoms. The molecule has 4 amide bonds. The highest BCUT2D eigenvalue weighted by Crippen LogP contribution is 2.37. The number of ketones is 1. The Morgan fingerprint density at radius 1 is 0.396 bits per heavy atom. The van der Waals surface area contributed by atoms with Crippen molar-refractivity contribution in [1.29, 1.82) is 5.41 Å². The number of rotatable bonds is 8. The van der Waals surface area contributed by atoms with Crippen LogP contribution < -0.4 is 17.2 Å². The highest BCUT2D eigenvalue weighted by molar-refractivity contribution is 9.11. The van der Waals surface area contributed by atoms with E-state index in [1.807, 2.05) is 144 Å². The number of carbonyl (C=O) groups is 5. The molecule has 4 saturated heterocycles. The van der Waals surface area contributed by atoms with Crippen LogP contribution in [0.3, 0.4) is 0 Å². The lowest BCUT2D eigenvalue weighted by Gasteiger charge is -2.33. The van der Waals surface area contributed by atoms with E-state index in [9.17, 15) is 45.9 Å². The van der Waals surface area contributed by atoms with E-state index in [1.54, 1.807) is 74.7 Å². The van der Waals surface area contributed by atoms with E-state index >= 15 is 0 Å². The van der Waals surface area contributed by atoms with Gasteiger partial charge >= 0.3 is 24.4 Å². The number of benzene rings is 7. The molecule has 25 nitrogen and oxygen atoms in total. The van der Waals surface area contributed by atoms with Crippen molar-refractivity contribution >= 4 is 172 Å². The van der Waals surface area contributed by atoms with E-state index < -0.39 is 39.9 Å². The molecule has 0 unspecified atom stereocenters. The van der Waals surface area contributed by atoms with Gasteiger partial charge in [0.25, 0.3) is 0 Å². The van der Waals surface area contributed by atoms with Gasteiger partial charge in [0, 0.05) is 131 Å². The van der Waals surface area contributed by atoms with Crippen LogP contribution in [0.5, 0.6) is 0 Å². The van der Waals surface area contributed by atoms with Crippen molar-refractivity contribution in [2.45, 2.75) is 213 Å². The highest BCUT2D eigenvalue weighted by Gasteiger charge is 2.34. The first kappa shape index (κ1) is 106. The lowest BCUT2D eigenvalue weighted by Crippen LogP contribution is -2.41. The maximum absolute atomic E-state index is 14.1. The predicted octanol–water partition coefficient (Wildman–Crippen LogP) is 24.7. The molecule has 5 aliphatic rings. The maximum atomic E-state index is 14.1. The van der Waals surface area contributed by atoms with Crippen LogP contribution in [0.2, 0.25) is 5.02 Å². The van der Waals surface area contributed by atoms with Gasteiger partial charge in [0.05, 0.1) is 67.3 Å². The second kappa shape index (κ2) is 47.9. The van der Waals surface area contributed by atoms with Crippen molar-refractivity contribution in [3.63, 3.8) is 0 Å². The third kappa shape index (κ3) is 31.9. The molecule has 7 N–H and O–H groups in total. The Bertz CT molecular complexity index is 5520. The minimum atomic E-state index is -0.503. The molecular weight excluding hydrogens is 2010 g/mol. The number of hydrogen-bond acceptors (Lipinski definition) is 21. The summed E-state index contributed by atoms with van der Waals surface area (Å²) in [6.45, 7) is 27.0. The van der Waals surface area contributed by atoms with Crippen LogP contribution in [-0.2, 0) is 23.7 Å². The maximum Gasteiger partial charge on any atom is 0.410 e. The summed E-state index contributed by atoms with van der Waals surface area (Å²) in [4.78, 5) is 102. The zero-order chi connectivity index (χ0) is 97.7. The number of alkyl halides is 1. The van der Waals surface area contributed by atoms with Gasteiger partial charge in [-0.3, -0.25) is 25.2 Å². The smallest absolute Gasteiger partial charge is 0.410 e. The normalized spacial score (nSPS) is 15.4. The number of ether oxygens (including phenoxy) is 4. The van der Waals surface area contributed by atoms with Gasteiger partial charge in [-0.25, -0.2) is 66.1 Å². The Kier molecular flexibility index (Phi) is 37.7. The molecule has 35 heteroatoms. The summed E-state index contributed by atoms with van der Waals surface area (Å²) in [6, 6.07) is 34.4. The number of piperidine rings is 4. The van der Waals surface area contributed by atoms with Crippen LogP contribution in [0.1, 0.15) is 224 Å². The van der Waals surface area contributed by atoms with Crippen molar-refractivity contribution in [2.24, 2.45) is 5.92 Å². The topological polar surface area (TPSA) is 340 Å². The molecule has 4 aliphatic heterocycles. The molecule has 1 aliphatic carbocycles. The zero-order valence-corrected chi connectivity index (χ0v) is 84.5. The van der Waals surface area contributed by atoms with Crippen molar-refractivity contribution in [2.75, 3.05) is 74.9 Å². The molecule has 11 aromatic rings. The number of nitrogens with zero attached hydrogens (tertiary/aromatic N) is 12. The Morgan fingerprint density at radius 3 is 1.07 bits per heavy atom. The number of nitrogens with one attached hydrogen (secondary N) is 1. The number of carbonyl (C=O) groups excluding carboxylic acids is 5. The van der Waals surface area contributed by atoms with Gasteiger partial charge in [-0.2, -0.15) is 0 Å². The largest absolute Gasteiger partial charge is 0.444 e. The third-order valence-electron chi connectivity index (χ3n) is 22.1. The van der Waals surface area contributed by atoms with Crippen LogP contribution in [-0.4, -0.2) is 175 Å². The second-order valence-corrected chi connectivity index (χ2v) is 41.0. The van der Waals surface area contributed by atoms with Crippen molar-refractivity contribution < 1.29 is 64.9 Å². The van der Waals surface area contributed by atoms with Crippen LogP contribution in [0.25, 0.3) is 44.1 Å². The third-order valence-corrected chi connectivity index (χ3v) is 24.2. The van der Waals surface area contributed by atoms with E-state index in [-0.39, 0.29) is 93.1 Å². The molecule has 0 spiro atoms. The van der Waals surface area contributed by atoms with E-state index in [2.05, 4.69) is 104 Å². The summed E-state index contributed by atoms with van der Waals surface area (Å²) in [5, 5.41) is 8.83. The fourth-order valence-corrected chi connectivity index (χ4v) is 17.3. The standard InChI is InChI=1S/2C18H21BrFN3O2.C18H21ClFN3O2.C18H23FN4O2.C13H11N.C8H13BrO.C6H6BrFN2/c1-18(2,3)25-17(24)23-6-4-11(5-7-23)15-10-21-16-13(20)8-12(19)9-14(16)22-15;2*1-18(2,3)25-17(24)23-6-4-11(5-7-23)15-10-21-14-9-12(19)8-13(20)16(14)22-15;1-18(2,3)25-17(24)23-6-4-11(5-7-23)15-10-21-14-9-12(20)8-13(19)16(14)22-15;14-13(11-7-3-1-4-8-11)12-9-5-2-6-10-12;9-6-8(10)7-4-2-1-3-5-7;7-3-1-4(8)6(10)5(9)2-3/h3*8-11H,4-7H2,1-3H3;8-11H,4-7,20H2,1-3H3;1-10,14H;7H,1-6H2;1-2H,9-10H2. The number of amides is 4. The number of aromatic nitrogens is 8. The lowest BCUT2D eigenvalue weighted by atomic mass is 9.87. The van der Waals surface area contributed by atoms with Gasteiger partial charge in [-0.15, -0.1) is 0 Å². The summed E-state index contributed by atoms with van der Waals surface area (Å²) >= 11 is 18.7. The molecular formula is C99H116Br4ClF5N16O9. The van der Waals surface area contributed by atoms with Crippen LogP contribution in [0, 0.1) is 40.4 Å². The summed E-state index contributed by atoms with van der Waals surface area (Å²) in [7, 11) is 0. The number of hydrogen-bond donors (Lipinski definition) is 4. The summed E-state index contributed by atoms with van der Waals surface area (Å²) in [5.41, 5.74) is 23.4. The number of halogens is 10. The number of nitrogens with two attached hydrogens (primary N) is 3. The van der Waals surface area contributed by atoms with E-state index in [4.69, 9.17) is 53.2 Å². The van der Waals surface area contributed by atoms with E-state index in [0.717, 1.165) is 98.1 Å². The van der Waals surface area contributed by atoms with Gasteiger partial charge in [0.15, 0.2) is 23.3 Å². The van der Waals surface area contributed by atoms with Gasteiger partial charge in [-0.1, -0.05) is 155 Å². The van der Waals surface area contributed by atoms with Crippen LogP contribution in [0.15, 0.2) is 160 Å². The monoisotopic (exact) mass is 2120 g/mol. The van der Waals surface area contributed by atoms with E-state index in [0.29, 0.717) is 121 Å². The lowest BCUT2D eigenvalue weighted by molar-refractivity contribution is -0.121. The first-order valence-corrected chi connectivity index (χ1v) is 48.4. The summed E-state index contributed by atoms with van der Waals surface area (Å²) in [6.07, 6.45) is 17.7. The average Bonchev–Trinajstić information content (AvgIpc) is 0.807. The van der Waals surface area contributed by atoms with Crippen molar-refractivity contribution in [3.8, 4) is 0 Å². The van der Waals surface area contributed by atoms with Gasteiger partial charge < -0.3 is 55.7 Å². The van der Waals surface area contributed by atoms with Crippen molar-refractivity contribution in [3.05, 3.63) is 228 Å². The quantitative estimate of drug-likeness (QED) is 0.0361. The number of likely N-dealkylation sites (tertiary alicyclic amines) is 4. The first-order chi connectivity index (χ1) is 63.2. The summed E-state index contributed by atoms with van der Waals surface area (Å²) < 4.78 is 92.3. The summed E-state index contributed by atoms with van der Waals surface area (Å²) in [5.74, 6) is -0.749. The fraction of sp³-hybridized carbons (Fsp3) is 0.434. The van der Waals surface area contributed by atoms with Crippen molar-refractivity contribution in [1.82, 2.24) is 59.5 Å². The molecule has 0 bridgehead atoms. The predicted molar refractivity (Wildman–Crippen MR) is 529 cm³/mol. The molecule has 0 atom stereocenters. The highest BCUT2D eigenvalue weighted by atomic mass is 79.9. The SMILES string of the molecule is CC(C)(C)OC(=O)N1CCC(c2cnc3c(F)cc(Br)cc3n2)CC1.CC(C)(C)OC(=O)N1CCC(c2cnc3cc(Br)cc(F)c3n2)CC1.CC(C)(C)OC(=O)N1CCC(c2cnc3cc(Cl)cc(F)c3n2)CC1.CC(C)(C)OC(=O)N1CCC(c2cnc3cc(N)cc(F)c3n2)CC1.N=C(c1ccccc1)c1ccccc1.Nc1cc(Br)cc(F)c1N.O=C(CBr)C1CCCCC1. The molecule has 1 saturated carbocycles. The molecule has 0 radical (unpaired) electrons.